The van der Waals surface area contributed by atoms with Crippen molar-refractivity contribution < 1.29 is 10.2 Å². The van der Waals surface area contributed by atoms with Gasteiger partial charge in [0, 0.05) is 6.42 Å². The van der Waals surface area contributed by atoms with Gasteiger partial charge in [0.05, 0.1) is 11.2 Å². The van der Waals surface area contributed by atoms with Crippen molar-refractivity contribution in [2.45, 2.75) is 90.8 Å². The number of rotatable bonds is 12. The highest BCUT2D eigenvalue weighted by Crippen LogP contribution is 2.34. The molecule has 0 spiro atoms. The van der Waals surface area contributed by atoms with E-state index in [4.69, 9.17) is 0 Å². The van der Waals surface area contributed by atoms with Crippen LogP contribution in [0.25, 0.3) is 0 Å². The summed E-state index contributed by atoms with van der Waals surface area (Å²) in [6.07, 6.45) is 11.8. The Bertz CT molecular complexity index is 337. The van der Waals surface area contributed by atoms with E-state index < -0.39 is 11.2 Å². The fraction of sp³-hybridized carbons (Fsp3) is 0.800. The summed E-state index contributed by atoms with van der Waals surface area (Å²) in [7, 11) is 0. The van der Waals surface area contributed by atoms with Crippen LogP contribution in [0.4, 0.5) is 0 Å². The average molecular weight is 311 g/mol. The molecular weight excluding hydrogens is 272 g/mol. The number of hydrogen-bond donors (Lipinski definition) is 2. The van der Waals surface area contributed by atoms with Gasteiger partial charge in [0.25, 0.3) is 0 Å². The molecule has 0 amide bonds. The van der Waals surface area contributed by atoms with E-state index in [0.29, 0.717) is 31.1 Å². The number of hydrogen-bond acceptors (Lipinski definition) is 2. The van der Waals surface area contributed by atoms with Crippen LogP contribution in [0.2, 0.25) is 0 Å². The van der Waals surface area contributed by atoms with Crippen LogP contribution in [-0.4, -0.2) is 21.4 Å². The molecule has 0 saturated carbocycles. The fourth-order valence-electron chi connectivity index (χ4n) is 3.21. The molecule has 0 aromatic rings. The van der Waals surface area contributed by atoms with E-state index in [1.54, 1.807) is 6.08 Å². The van der Waals surface area contributed by atoms with E-state index in [1.807, 2.05) is 13.8 Å². The molecule has 0 heterocycles. The molecule has 0 bridgehead atoms. The van der Waals surface area contributed by atoms with Crippen LogP contribution in [-0.2, 0) is 0 Å². The van der Waals surface area contributed by atoms with Crippen molar-refractivity contribution in [3.8, 4) is 0 Å². The van der Waals surface area contributed by atoms with Crippen molar-refractivity contribution >= 4 is 0 Å². The maximum absolute atomic E-state index is 10.9. The second-order valence-corrected chi connectivity index (χ2v) is 6.97. The number of allylic oxidation sites excluding steroid dienone is 2. The van der Waals surface area contributed by atoms with Gasteiger partial charge in [0.1, 0.15) is 0 Å². The Balaban J connectivity index is 4.76. The predicted molar refractivity (Wildman–Crippen MR) is 96.9 cm³/mol. The summed E-state index contributed by atoms with van der Waals surface area (Å²) in [5.41, 5.74) is -1.78. The molecule has 2 heteroatoms. The molecule has 2 N–H and O–H groups in total. The fourth-order valence-corrected chi connectivity index (χ4v) is 3.21. The molecule has 0 rings (SSSR count). The zero-order valence-corrected chi connectivity index (χ0v) is 15.4. The molecule has 0 aromatic heterocycles. The van der Waals surface area contributed by atoms with Crippen LogP contribution in [0, 0.1) is 11.8 Å². The van der Waals surface area contributed by atoms with Gasteiger partial charge in [0.2, 0.25) is 0 Å². The maximum atomic E-state index is 10.9. The monoisotopic (exact) mass is 310 g/mol. The Morgan fingerprint density at radius 1 is 1.09 bits per heavy atom. The van der Waals surface area contributed by atoms with Gasteiger partial charge in [-0.05, 0) is 50.4 Å². The van der Waals surface area contributed by atoms with Crippen molar-refractivity contribution in [3.05, 3.63) is 24.8 Å². The lowest BCUT2D eigenvalue weighted by atomic mass is 9.77. The molecular formula is C20H38O2. The minimum absolute atomic E-state index is 0.377. The first-order valence-electron chi connectivity index (χ1n) is 9.03. The van der Waals surface area contributed by atoms with Gasteiger partial charge in [-0.15, -0.1) is 6.58 Å². The van der Waals surface area contributed by atoms with Crippen LogP contribution < -0.4 is 0 Å². The lowest BCUT2D eigenvalue weighted by Gasteiger charge is -2.37. The molecule has 0 radical (unpaired) electrons. The minimum atomic E-state index is -0.962. The van der Waals surface area contributed by atoms with E-state index in [-0.39, 0.29) is 0 Å². The molecule has 0 fully saturated rings. The third kappa shape index (κ3) is 7.60. The first-order valence-corrected chi connectivity index (χ1v) is 9.03. The van der Waals surface area contributed by atoms with Gasteiger partial charge in [0.15, 0.2) is 0 Å². The molecule has 0 aromatic carbocycles. The molecule has 22 heavy (non-hydrogen) atoms. The molecule has 2 nitrogen and oxygen atoms in total. The average Bonchev–Trinajstić information content (AvgIpc) is 2.50. The topological polar surface area (TPSA) is 40.5 Å². The van der Waals surface area contributed by atoms with Crippen LogP contribution in [0.1, 0.15) is 79.6 Å². The van der Waals surface area contributed by atoms with Crippen molar-refractivity contribution in [2.75, 3.05) is 0 Å². The minimum Gasteiger partial charge on any atom is -0.390 e. The molecule has 4 atom stereocenters. The Hall–Kier alpha value is -0.600. The first kappa shape index (κ1) is 21.4. The summed E-state index contributed by atoms with van der Waals surface area (Å²) in [4.78, 5) is 0. The highest BCUT2D eigenvalue weighted by Gasteiger charge is 2.36. The van der Waals surface area contributed by atoms with E-state index in [9.17, 15) is 10.2 Å². The maximum Gasteiger partial charge on any atom is 0.0849 e. The largest absolute Gasteiger partial charge is 0.390 e. The van der Waals surface area contributed by atoms with E-state index in [2.05, 4.69) is 39.5 Å². The van der Waals surface area contributed by atoms with Gasteiger partial charge >= 0.3 is 0 Å². The van der Waals surface area contributed by atoms with Gasteiger partial charge in [-0.3, -0.25) is 0 Å². The van der Waals surface area contributed by atoms with E-state index >= 15 is 0 Å². The Kier molecular flexibility index (Phi) is 9.95. The number of aliphatic hydroxyl groups is 2. The van der Waals surface area contributed by atoms with Crippen LogP contribution in [0.15, 0.2) is 24.8 Å². The van der Waals surface area contributed by atoms with Gasteiger partial charge in [-0.2, -0.15) is 0 Å². The van der Waals surface area contributed by atoms with Crippen LogP contribution in [0.3, 0.4) is 0 Å². The van der Waals surface area contributed by atoms with Crippen molar-refractivity contribution in [3.63, 3.8) is 0 Å². The Morgan fingerprint density at radius 2 is 1.73 bits per heavy atom. The normalized spacial score (nSPS) is 20.3. The summed E-state index contributed by atoms with van der Waals surface area (Å²) in [6, 6.07) is 0. The van der Waals surface area contributed by atoms with Crippen molar-refractivity contribution in [1.29, 1.82) is 0 Å². The highest BCUT2D eigenvalue weighted by molar-refractivity contribution is 5.00. The van der Waals surface area contributed by atoms with Gasteiger partial charge in [-0.25, -0.2) is 0 Å². The summed E-state index contributed by atoms with van der Waals surface area (Å²) in [5, 5.41) is 21.4. The lowest BCUT2D eigenvalue weighted by molar-refractivity contribution is -0.0584. The molecule has 130 valence electrons. The quantitative estimate of drug-likeness (QED) is 0.483. The lowest BCUT2D eigenvalue weighted by Crippen LogP contribution is -2.40. The molecule has 0 aliphatic heterocycles. The Labute approximate surface area is 138 Å². The van der Waals surface area contributed by atoms with Crippen LogP contribution >= 0.6 is 0 Å². The predicted octanol–water partition coefficient (Wildman–Crippen LogP) is 5.25. The van der Waals surface area contributed by atoms with Gasteiger partial charge < -0.3 is 10.2 Å². The zero-order valence-electron chi connectivity index (χ0n) is 15.4. The molecule has 2 unspecified atom stereocenters. The summed E-state index contributed by atoms with van der Waals surface area (Å²) in [6.45, 7) is 14.2. The SMILES string of the molecule is C=CC(O)(CC)CC(O)(CC)C[C@@H](C)C[C@H](/C=C/CC)CC. The summed E-state index contributed by atoms with van der Waals surface area (Å²) >= 11 is 0. The second-order valence-electron chi connectivity index (χ2n) is 6.97. The standard InChI is InChI=1S/C20H38O2/c1-7-12-13-18(8-2)14-17(6)15-20(22,11-5)16-19(21,9-3)10-4/h9,12-13,17-18,21-22H,3,7-8,10-11,14-16H2,1-2,4-6H3/b13-12+/t17-,18-,19?,20?/m0/s1. The first-order chi connectivity index (χ1) is 10.3. The summed E-state index contributed by atoms with van der Waals surface area (Å²) < 4.78 is 0. The van der Waals surface area contributed by atoms with Crippen molar-refractivity contribution in [2.24, 2.45) is 11.8 Å². The van der Waals surface area contributed by atoms with Crippen molar-refractivity contribution in [1.82, 2.24) is 0 Å². The third-order valence-electron chi connectivity index (χ3n) is 4.89. The highest BCUT2D eigenvalue weighted by atomic mass is 16.3. The molecule has 0 saturated heterocycles. The second kappa shape index (κ2) is 10.2. The Morgan fingerprint density at radius 3 is 2.14 bits per heavy atom. The molecule has 0 aliphatic rings. The molecule has 0 aliphatic carbocycles. The van der Waals surface area contributed by atoms with Gasteiger partial charge in [-0.1, -0.05) is 52.8 Å². The van der Waals surface area contributed by atoms with E-state index in [1.165, 1.54) is 0 Å². The van der Waals surface area contributed by atoms with E-state index in [0.717, 1.165) is 25.7 Å². The zero-order chi connectivity index (χ0) is 17.2. The third-order valence-corrected chi connectivity index (χ3v) is 4.89. The smallest absolute Gasteiger partial charge is 0.0849 e. The summed E-state index contributed by atoms with van der Waals surface area (Å²) in [5.74, 6) is 1.02. The van der Waals surface area contributed by atoms with Crippen LogP contribution in [0.5, 0.6) is 0 Å².